The van der Waals surface area contributed by atoms with E-state index in [0.29, 0.717) is 5.22 Å². The average Bonchev–Trinajstić information content (AvgIpc) is 3.00. The molecule has 1 N–H and O–H groups in total. The average molecular weight is 415 g/mol. The molecule has 7 heteroatoms. The molecule has 2 heterocycles. The summed E-state index contributed by atoms with van der Waals surface area (Å²) < 4.78 is 1.08. The third kappa shape index (κ3) is 4.23. The largest absolute Gasteiger partial charge is 0.493 e. The van der Waals surface area contributed by atoms with Crippen molar-refractivity contribution in [1.29, 1.82) is 5.26 Å². The van der Waals surface area contributed by atoms with Crippen molar-refractivity contribution in [3.63, 3.8) is 0 Å². The lowest BCUT2D eigenvalue weighted by Gasteiger charge is -2.30. The van der Waals surface area contributed by atoms with E-state index in [2.05, 4.69) is 59.9 Å². The van der Waals surface area contributed by atoms with Crippen LogP contribution in [0.25, 0.3) is 12.7 Å². The van der Waals surface area contributed by atoms with Crippen LogP contribution in [0.2, 0.25) is 0 Å². The maximum atomic E-state index is 12.8. The lowest BCUT2D eigenvalue weighted by molar-refractivity contribution is 0.420. The van der Waals surface area contributed by atoms with Crippen LogP contribution in [-0.2, 0) is 12.5 Å². The number of thiazole rings is 1. The second kappa shape index (κ2) is 8.03. The zero-order chi connectivity index (χ0) is 22.3. The van der Waals surface area contributed by atoms with E-state index in [1.807, 2.05) is 6.07 Å². The van der Waals surface area contributed by atoms with Gasteiger partial charge in [0.25, 0.3) is 5.56 Å². The van der Waals surface area contributed by atoms with Crippen molar-refractivity contribution in [2.45, 2.75) is 66.0 Å². The summed E-state index contributed by atoms with van der Waals surface area (Å²) in [6, 6.07) is 2.49. The summed E-state index contributed by atoms with van der Waals surface area (Å²) in [5.74, 6) is -0.369. The Bertz CT molecular complexity index is 1120. The Balaban J connectivity index is 2.91. The van der Waals surface area contributed by atoms with Gasteiger partial charge in [-0.15, -0.1) is 0 Å². The molecule has 0 radical (unpaired) electrons. The first-order chi connectivity index (χ1) is 13.3. The van der Waals surface area contributed by atoms with Gasteiger partial charge in [-0.3, -0.25) is 9.36 Å². The van der Waals surface area contributed by atoms with Crippen molar-refractivity contribution in [2.24, 2.45) is 7.05 Å². The van der Waals surface area contributed by atoms with Gasteiger partial charge in [-0.2, -0.15) is 5.26 Å². The van der Waals surface area contributed by atoms with Crippen LogP contribution < -0.4 is 20.9 Å². The van der Waals surface area contributed by atoms with Gasteiger partial charge < -0.3 is 10.0 Å². The van der Waals surface area contributed by atoms with Gasteiger partial charge in [0, 0.05) is 35.0 Å². The molecule has 0 aliphatic heterocycles. The van der Waals surface area contributed by atoms with Crippen LogP contribution in [0, 0.1) is 11.3 Å². The van der Waals surface area contributed by atoms with Crippen LogP contribution in [0.1, 0.15) is 64.6 Å². The Hall–Kier alpha value is -2.59. The summed E-state index contributed by atoms with van der Waals surface area (Å²) in [5.41, 5.74) is 0.260. The molecular formula is C22H30N4O2S. The Labute approximate surface area is 176 Å². The fourth-order valence-electron chi connectivity index (χ4n) is 3.34. The molecule has 0 aromatic carbocycles. The predicted octanol–water partition coefficient (Wildman–Crippen LogP) is 2.58. The van der Waals surface area contributed by atoms with Crippen LogP contribution in [0.3, 0.4) is 0 Å². The van der Waals surface area contributed by atoms with Gasteiger partial charge in [0.15, 0.2) is 5.13 Å². The van der Waals surface area contributed by atoms with E-state index < -0.39 is 5.56 Å². The van der Waals surface area contributed by atoms with Crippen molar-refractivity contribution < 1.29 is 5.11 Å². The minimum absolute atomic E-state index is 0.00591. The van der Waals surface area contributed by atoms with E-state index in [-0.39, 0.29) is 34.2 Å². The predicted molar refractivity (Wildman–Crippen MR) is 120 cm³/mol. The quantitative estimate of drug-likeness (QED) is 0.832. The molecule has 0 fully saturated rings. The lowest BCUT2D eigenvalue weighted by Crippen LogP contribution is -2.45. The maximum Gasteiger partial charge on any atom is 0.261 e. The highest BCUT2D eigenvalue weighted by atomic mass is 32.1. The molecule has 0 bridgehead atoms. The van der Waals surface area contributed by atoms with Crippen LogP contribution >= 0.6 is 11.3 Å². The Kier molecular flexibility index (Phi) is 6.29. The summed E-state index contributed by atoms with van der Waals surface area (Å²) >= 11 is 1.52. The van der Waals surface area contributed by atoms with Gasteiger partial charge >= 0.3 is 0 Å². The minimum Gasteiger partial charge on any atom is -0.493 e. The summed E-state index contributed by atoms with van der Waals surface area (Å²) in [4.78, 5) is 20.8. The Morgan fingerprint density at radius 1 is 1.28 bits per heavy atom. The molecule has 0 saturated heterocycles. The van der Waals surface area contributed by atoms with E-state index in [9.17, 15) is 15.2 Å². The SMILES string of the molecule is C=c1c(C#N)c(O)n(C)c(=O)c1=Cc1sc(N(C(C)C)C(C)C)nc1C(C)(C)C. The Morgan fingerprint density at radius 3 is 2.28 bits per heavy atom. The highest BCUT2D eigenvalue weighted by Gasteiger charge is 2.26. The number of nitrogens with zero attached hydrogens (tertiary/aromatic N) is 4. The number of anilines is 1. The molecule has 0 aliphatic rings. The third-order valence-electron chi connectivity index (χ3n) is 4.78. The normalized spacial score (nSPS) is 12.7. The molecule has 2 aromatic heterocycles. The molecule has 6 nitrogen and oxygen atoms in total. The van der Waals surface area contributed by atoms with Crippen molar-refractivity contribution >= 4 is 29.1 Å². The summed E-state index contributed by atoms with van der Waals surface area (Å²) in [6.45, 7) is 18.7. The molecule has 2 rings (SSSR count). The summed E-state index contributed by atoms with van der Waals surface area (Å²) in [7, 11) is 1.44. The number of rotatable bonds is 4. The highest BCUT2D eigenvalue weighted by molar-refractivity contribution is 7.16. The monoisotopic (exact) mass is 414 g/mol. The van der Waals surface area contributed by atoms with Crippen molar-refractivity contribution in [2.75, 3.05) is 4.90 Å². The van der Waals surface area contributed by atoms with E-state index in [4.69, 9.17) is 4.98 Å². The van der Waals surface area contributed by atoms with Crippen molar-refractivity contribution in [1.82, 2.24) is 9.55 Å². The zero-order valence-corrected chi connectivity index (χ0v) is 19.3. The van der Waals surface area contributed by atoms with Gasteiger partial charge in [-0.25, -0.2) is 4.98 Å². The van der Waals surface area contributed by atoms with Crippen LogP contribution in [-0.4, -0.2) is 26.7 Å². The first kappa shape index (κ1) is 22.7. The standard InChI is InChI=1S/C22H30N4O2S/c1-12(2)26(13(3)4)21-24-18(22(6,7)8)17(29-21)10-15-14(5)16(11-23)20(28)25(9)19(15)27/h10,12-13,28H,5H2,1-4,6-9H3. The third-order valence-corrected chi connectivity index (χ3v) is 5.79. The van der Waals surface area contributed by atoms with E-state index in [0.717, 1.165) is 20.3 Å². The second-order valence-electron chi connectivity index (χ2n) is 8.77. The Morgan fingerprint density at radius 2 is 1.83 bits per heavy atom. The van der Waals surface area contributed by atoms with E-state index in [1.165, 1.54) is 18.4 Å². The number of nitriles is 1. The number of hydrogen-bond donors (Lipinski definition) is 1. The maximum absolute atomic E-state index is 12.8. The smallest absolute Gasteiger partial charge is 0.261 e. The first-order valence-electron chi connectivity index (χ1n) is 9.63. The lowest BCUT2D eigenvalue weighted by atomic mass is 9.91. The molecule has 156 valence electrons. The molecule has 2 aromatic rings. The van der Waals surface area contributed by atoms with Crippen LogP contribution in [0.4, 0.5) is 5.13 Å². The minimum atomic E-state index is -0.397. The number of hydrogen-bond acceptors (Lipinski definition) is 6. The van der Waals surface area contributed by atoms with Crippen LogP contribution in [0.15, 0.2) is 4.79 Å². The fraction of sp³-hybridized carbons (Fsp3) is 0.500. The molecule has 0 saturated carbocycles. The molecule has 0 amide bonds. The van der Waals surface area contributed by atoms with Gasteiger partial charge in [0.2, 0.25) is 5.88 Å². The highest BCUT2D eigenvalue weighted by Crippen LogP contribution is 2.35. The molecular weight excluding hydrogens is 384 g/mol. The molecule has 0 atom stereocenters. The van der Waals surface area contributed by atoms with Crippen molar-refractivity contribution in [3.05, 3.63) is 36.9 Å². The molecule has 29 heavy (non-hydrogen) atoms. The fourth-order valence-corrected chi connectivity index (χ4v) is 4.83. The summed E-state index contributed by atoms with van der Waals surface area (Å²) in [5, 5.41) is 20.9. The molecule has 0 unspecified atom stereocenters. The van der Waals surface area contributed by atoms with E-state index >= 15 is 0 Å². The van der Waals surface area contributed by atoms with Crippen molar-refractivity contribution in [3.8, 4) is 11.9 Å². The number of aromatic hydroxyl groups is 1. The van der Waals surface area contributed by atoms with Gasteiger partial charge in [-0.05, 0) is 33.8 Å². The van der Waals surface area contributed by atoms with Crippen LogP contribution in [0.5, 0.6) is 5.88 Å². The topological polar surface area (TPSA) is 82.1 Å². The van der Waals surface area contributed by atoms with E-state index in [1.54, 1.807) is 6.08 Å². The van der Waals surface area contributed by atoms with Gasteiger partial charge in [0.1, 0.15) is 11.6 Å². The number of aromatic nitrogens is 2. The summed E-state index contributed by atoms with van der Waals surface area (Å²) in [6.07, 6.45) is 1.76. The molecule has 0 spiro atoms. The second-order valence-corrected chi connectivity index (χ2v) is 9.77. The number of pyridine rings is 1. The van der Waals surface area contributed by atoms with Gasteiger partial charge in [-0.1, -0.05) is 38.7 Å². The molecule has 0 aliphatic carbocycles. The zero-order valence-electron chi connectivity index (χ0n) is 18.5. The van der Waals surface area contributed by atoms with Gasteiger partial charge in [0.05, 0.1) is 10.6 Å². The first-order valence-corrected chi connectivity index (χ1v) is 10.4.